The molecule has 0 atom stereocenters. The Hall–Kier alpha value is -2.69. The van der Waals surface area contributed by atoms with E-state index in [1.807, 2.05) is 6.92 Å². The fourth-order valence-corrected chi connectivity index (χ4v) is 3.69. The van der Waals surface area contributed by atoms with E-state index in [1.165, 1.54) is 24.3 Å². The minimum atomic E-state index is -0.322. The lowest BCUT2D eigenvalue weighted by Crippen LogP contribution is -2.00. The maximum absolute atomic E-state index is 13.4. The summed E-state index contributed by atoms with van der Waals surface area (Å²) >= 11 is 12.4. The van der Waals surface area contributed by atoms with E-state index < -0.39 is 0 Å². The normalized spacial score (nSPS) is 11.0. The van der Waals surface area contributed by atoms with Crippen molar-refractivity contribution in [2.75, 3.05) is 0 Å². The topological polar surface area (TPSA) is 17.8 Å². The van der Waals surface area contributed by atoms with Crippen molar-refractivity contribution in [3.05, 3.63) is 94.0 Å². The van der Waals surface area contributed by atoms with Crippen LogP contribution in [0.15, 0.2) is 66.7 Å². The standard InChI is InChI=1S/C22H14Cl2F2N2/c1-13-21(14-2-6-18(25)7-3-14)27-28(20-11-16(23)10-17(24)12-20)22(13)15-4-8-19(26)9-5-15/h2-12H,1H3. The van der Waals surface area contributed by atoms with E-state index in [1.54, 1.807) is 47.1 Å². The highest BCUT2D eigenvalue weighted by molar-refractivity contribution is 6.34. The Kier molecular flexibility index (Phi) is 4.92. The average molecular weight is 415 g/mol. The molecule has 0 spiro atoms. The first-order chi connectivity index (χ1) is 13.4. The number of nitrogens with zero attached hydrogens (tertiary/aromatic N) is 2. The molecule has 0 saturated carbocycles. The molecule has 3 aromatic carbocycles. The molecule has 1 aromatic heterocycles. The molecule has 140 valence electrons. The Morgan fingerprint density at radius 1 is 0.750 bits per heavy atom. The largest absolute Gasteiger partial charge is 0.232 e. The van der Waals surface area contributed by atoms with Crippen molar-refractivity contribution in [3.63, 3.8) is 0 Å². The van der Waals surface area contributed by atoms with Crippen LogP contribution < -0.4 is 0 Å². The number of halogens is 4. The first-order valence-electron chi connectivity index (χ1n) is 8.50. The maximum atomic E-state index is 13.4. The molecule has 28 heavy (non-hydrogen) atoms. The third-order valence-corrected chi connectivity index (χ3v) is 4.89. The zero-order chi connectivity index (χ0) is 19.8. The van der Waals surface area contributed by atoms with Gasteiger partial charge in [0.25, 0.3) is 0 Å². The van der Waals surface area contributed by atoms with Gasteiger partial charge in [0.15, 0.2) is 0 Å². The van der Waals surface area contributed by atoms with Crippen LogP contribution in [0.5, 0.6) is 0 Å². The number of aromatic nitrogens is 2. The van der Waals surface area contributed by atoms with E-state index in [-0.39, 0.29) is 11.6 Å². The fraction of sp³-hybridized carbons (Fsp3) is 0.0455. The van der Waals surface area contributed by atoms with Crippen LogP contribution in [0.2, 0.25) is 10.0 Å². The van der Waals surface area contributed by atoms with Crippen LogP contribution in [0.1, 0.15) is 5.56 Å². The van der Waals surface area contributed by atoms with Crippen LogP contribution in [0.4, 0.5) is 8.78 Å². The molecule has 0 amide bonds. The summed E-state index contributed by atoms with van der Waals surface area (Å²) in [4.78, 5) is 0. The molecule has 0 N–H and O–H groups in total. The molecule has 0 aliphatic carbocycles. The molecule has 0 fully saturated rings. The highest BCUT2D eigenvalue weighted by Crippen LogP contribution is 2.35. The second-order valence-corrected chi connectivity index (χ2v) is 7.25. The molecular formula is C22H14Cl2F2N2. The Balaban J connectivity index is 1.98. The van der Waals surface area contributed by atoms with Gasteiger partial charge < -0.3 is 0 Å². The summed E-state index contributed by atoms with van der Waals surface area (Å²) < 4.78 is 28.5. The maximum Gasteiger partial charge on any atom is 0.123 e. The molecule has 1 heterocycles. The zero-order valence-corrected chi connectivity index (χ0v) is 16.3. The minimum Gasteiger partial charge on any atom is -0.232 e. The Morgan fingerprint density at radius 3 is 1.79 bits per heavy atom. The third-order valence-electron chi connectivity index (χ3n) is 4.45. The SMILES string of the molecule is Cc1c(-c2ccc(F)cc2)nn(-c2cc(Cl)cc(Cl)c2)c1-c1ccc(F)cc1. The Morgan fingerprint density at radius 2 is 1.25 bits per heavy atom. The lowest BCUT2D eigenvalue weighted by atomic mass is 10.0. The molecule has 0 unspecified atom stereocenters. The van der Waals surface area contributed by atoms with E-state index in [2.05, 4.69) is 0 Å². The molecule has 4 rings (SSSR count). The predicted octanol–water partition coefficient (Wildman–Crippen LogP) is 7.10. The minimum absolute atomic E-state index is 0.318. The van der Waals surface area contributed by atoms with Gasteiger partial charge in [-0.25, -0.2) is 13.5 Å². The van der Waals surface area contributed by atoms with Crippen LogP contribution in [0, 0.1) is 18.6 Å². The van der Waals surface area contributed by atoms with Crippen LogP contribution in [0.3, 0.4) is 0 Å². The highest BCUT2D eigenvalue weighted by Gasteiger charge is 2.19. The molecule has 0 saturated heterocycles. The average Bonchev–Trinajstić information content (AvgIpc) is 3.00. The molecule has 0 aliphatic rings. The Bertz CT molecular complexity index is 1130. The lowest BCUT2D eigenvalue weighted by Gasteiger charge is -2.10. The van der Waals surface area contributed by atoms with Gasteiger partial charge in [-0.1, -0.05) is 23.2 Å². The zero-order valence-electron chi connectivity index (χ0n) is 14.8. The van der Waals surface area contributed by atoms with Crippen molar-refractivity contribution >= 4 is 23.2 Å². The summed E-state index contributed by atoms with van der Waals surface area (Å²) in [6, 6.07) is 17.5. The van der Waals surface area contributed by atoms with Gasteiger partial charge in [0, 0.05) is 26.7 Å². The number of hydrogen-bond donors (Lipinski definition) is 0. The van der Waals surface area contributed by atoms with Crippen molar-refractivity contribution < 1.29 is 8.78 Å². The second-order valence-electron chi connectivity index (χ2n) is 6.38. The number of rotatable bonds is 3. The summed E-state index contributed by atoms with van der Waals surface area (Å²) in [6.45, 7) is 1.92. The van der Waals surface area contributed by atoms with Gasteiger partial charge >= 0.3 is 0 Å². The summed E-state index contributed by atoms with van der Waals surface area (Å²) in [5, 5.41) is 5.70. The Labute approximate surface area is 171 Å². The van der Waals surface area contributed by atoms with Crippen LogP contribution in [0.25, 0.3) is 28.2 Å². The van der Waals surface area contributed by atoms with Gasteiger partial charge in [-0.2, -0.15) is 5.10 Å². The monoisotopic (exact) mass is 414 g/mol. The first-order valence-corrected chi connectivity index (χ1v) is 9.26. The second kappa shape index (κ2) is 7.38. The number of benzene rings is 3. The van der Waals surface area contributed by atoms with E-state index in [0.29, 0.717) is 21.4 Å². The quantitative estimate of drug-likeness (QED) is 0.349. The molecular weight excluding hydrogens is 401 g/mol. The van der Waals surface area contributed by atoms with Crippen molar-refractivity contribution in [3.8, 4) is 28.2 Å². The summed E-state index contributed by atoms with van der Waals surface area (Å²) in [5.74, 6) is -0.641. The number of hydrogen-bond acceptors (Lipinski definition) is 1. The van der Waals surface area contributed by atoms with Gasteiger partial charge in [0.05, 0.1) is 17.1 Å². The van der Waals surface area contributed by atoms with E-state index >= 15 is 0 Å². The highest BCUT2D eigenvalue weighted by atomic mass is 35.5. The van der Waals surface area contributed by atoms with Crippen LogP contribution >= 0.6 is 23.2 Å². The summed E-state index contributed by atoms with van der Waals surface area (Å²) in [6.07, 6.45) is 0. The van der Waals surface area contributed by atoms with E-state index in [4.69, 9.17) is 28.3 Å². The molecule has 2 nitrogen and oxygen atoms in total. The van der Waals surface area contributed by atoms with Crippen molar-refractivity contribution in [2.24, 2.45) is 0 Å². The van der Waals surface area contributed by atoms with Gasteiger partial charge in [-0.05, 0) is 73.7 Å². The smallest absolute Gasteiger partial charge is 0.123 e. The molecule has 0 radical (unpaired) electrons. The van der Waals surface area contributed by atoms with Gasteiger partial charge in [-0.3, -0.25) is 0 Å². The van der Waals surface area contributed by atoms with Crippen molar-refractivity contribution in [1.29, 1.82) is 0 Å². The molecule has 6 heteroatoms. The van der Waals surface area contributed by atoms with Crippen molar-refractivity contribution in [2.45, 2.75) is 6.92 Å². The molecule has 4 aromatic rings. The van der Waals surface area contributed by atoms with E-state index in [0.717, 1.165) is 22.4 Å². The van der Waals surface area contributed by atoms with Gasteiger partial charge in [0.1, 0.15) is 11.6 Å². The molecule has 0 aliphatic heterocycles. The fourth-order valence-electron chi connectivity index (χ4n) is 3.17. The predicted molar refractivity (Wildman–Crippen MR) is 109 cm³/mol. The van der Waals surface area contributed by atoms with Gasteiger partial charge in [-0.15, -0.1) is 0 Å². The van der Waals surface area contributed by atoms with E-state index in [9.17, 15) is 8.78 Å². The first kappa shape index (κ1) is 18.7. The van der Waals surface area contributed by atoms with Crippen LogP contribution in [-0.4, -0.2) is 9.78 Å². The lowest BCUT2D eigenvalue weighted by molar-refractivity contribution is 0.627. The summed E-state index contributed by atoms with van der Waals surface area (Å²) in [5.41, 5.74) is 4.57. The van der Waals surface area contributed by atoms with Crippen molar-refractivity contribution in [1.82, 2.24) is 9.78 Å². The summed E-state index contributed by atoms with van der Waals surface area (Å²) in [7, 11) is 0. The molecule has 0 bridgehead atoms. The van der Waals surface area contributed by atoms with Crippen LogP contribution in [-0.2, 0) is 0 Å². The third kappa shape index (κ3) is 3.53. The van der Waals surface area contributed by atoms with Gasteiger partial charge in [0.2, 0.25) is 0 Å².